The number of hydrogen-bond donors (Lipinski definition) is 1. The van der Waals surface area contributed by atoms with Gasteiger partial charge < -0.3 is 5.32 Å². The molecular formula is C14H16N2OS. The van der Waals surface area contributed by atoms with Gasteiger partial charge in [0.15, 0.2) is 0 Å². The molecule has 1 aromatic rings. The van der Waals surface area contributed by atoms with Crippen LogP contribution in [0.15, 0.2) is 24.4 Å². The maximum Gasteiger partial charge on any atom is 0.249 e. The van der Waals surface area contributed by atoms with Crippen LogP contribution in [-0.2, 0) is 10.2 Å². The number of nitrogens with zero attached hydrogens (tertiary/aromatic N) is 1. The molecule has 1 aliphatic heterocycles. The van der Waals surface area contributed by atoms with Crippen molar-refractivity contribution in [1.82, 2.24) is 10.3 Å². The summed E-state index contributed by atoms with van der Waals surface area (Å²) >= 11 is 5.05. The van der Waals surface area contributed by atoms with Gasteiger partial charge in [0, 0.05) is 29.8 Å². The van der Waals surface area contributed by atoms with Gasteiger partial charge in [0.05, 0.1) is 4.99 Å². The van der Waals surface area contributed by atoms with E-state index in [1.807, 2.05) is 18.3 Å². The molecule has 0 unspecified atom stereocenters. The third kappa shape index (κ3) is 2.82. The smallest absolute Gasteiger partial charge is 0.249 e. The second-order valence-corrected chi connectivity index (χ2v) is 5.93. The second kappa shape index (κ2) is 4.61. The molecule has 1 amide bonds. The number of pyridine rings is 1. The van der Waals surface area contributed by atoms with Crippen molar-refractivity contribution in [2.45, 2.75) is 32.6 Å². The minimum atomic E-state index is -0.152. The predicted molar refractivity (Wildman–Crippen MR) is 76.3 cm³/mol. The van der Waals surface area contributed by atoms with Crippen LogP contribution in [0.1, 0.15) is 38.4 Å². The molecule has 94 valence electrons. The van der Waals surface area contributed by atoms with Gasteiger partial charge in [-0.15, -0.1) is 0 Å². The fourth-order valence-corrected chi connectivity index (χ4v) is 2.07. The van der Waals surface area contributed by atoms with E-state index in [4.69, 9.17) is 12.2 Å². The molecule has 0 aliphatic carbocycles. The molecular weight excluding hydrogens is 244 g/mol. The highest BCUT2D eigenvalue weighted by Gasteiger charge is 2.18. The first-order valence-electron chi connectivity index (χ1n) is 5.87. The molecule has 0 saturated carbocycles. The number of carbonyl (C=O) groups excluding carboxylic acids is 1. The highest BCUT2D eigenvalue weighted by atomic mass is 32.1. The molecule has 0 saturated heterocycles. The molecule has 0 bridgehead atoms. The Hall–Kier alpha value is -1.55. The van der Waals surface area contributed by atoms with Gasteiger partial charge in [-0.1, -0.05) is 39.1 Å². The maximum absolute atomic E-state index is 11.4. The second-order valence-electron chi connectivity index (χ2n) is 5.44. The first-order chi connectivity index (χ1) is 8.36. The first-order valence-corrected chi connectivity index (χ1v) is 6.28. The Kier molecular flexibility index (Phi) is 3.30. The molecule has 1 aliphatic rings. The summed E-state index contributed by atoms with van der Waals surface area (Å²) in [6, 6.07) is 4.01. The average Bonchev–Trinajstić information content (AvgIpc) is 2.27. The van der Waals surface area contributed by atoms with E-state index in [9.17, 15) is 4.79 Å². The normalized spacial score (nSPS) is 16.3. The van der Waals surface area contributed by atoms with Gasteiger partial charge in [0.2, 0.25) is 5.91 Å². The molecule has 4 heteroatoms. The van der Waals surface area contributed by atoms with E-state index in [0.717, 1.165) is 16.8 Å². The number of aromatic nitrogens is 1. The van der Waals surface area contributed by atoms with Gasteiger partial charge in [-0.2, -0.15) is 0 Å². The van der Waals surface area contributed by atoms with Crippen LogP contribution >= 0.6 is 12.2 Å². The quantitative estimate of drug-likeness (QED) is 0.789. The van der Waals surface area contributed by atoms with E-state index in [1.54, 1.807) is 6.08 Å². The molecule has 1 N–H and O–H groups in total. The van der Waals surface area contributed by atoms with E-state index in [0.29, 0.717) is 11.4 Å². The topological polar surface area (TPSA) is 42.0 Å². The number of hydrogen-bond acceptors (Lipinski definition) is 3. The third-order valence-corrected chi connectivity index (χ3v) is 3.07. The van der Waals surface area contributed by atoms with Crippen molar-refractivity contribution in [3.05, 3.63) is 35.7 Å². The molecule has 0 fully saturated rings. The average molecular weight is 260 g/mol. The van der Waals surface area contributed by atoms with Crippen molar-refractivity contribution >= 4 is 28.7 Å². The fourth-order valence-electron chi connectivity index (χ4n) is 1.81. The lowest BCUT2D eigenvalue weighted by atomic mass is 9.91. The molecule has 3 nitrogen and oxygen atoms in total. The summed E-state index contributed by atoms with van der Waals surface area (Å²) in [5.41, 5.74) is 2.96. The van der Waals surface area contributed by atoms with E-state index >= 15 is 0 Å². The summed E-state index contributed by atoms with van der Waals surface area (Å²) < 4.78 is 0. The van der Waals surface area contributed by atoms with Crippen molar-refractivity contribution < 1.29 is 4.79 Å². The Morgan fingerprint density at radius 1 is 1.33 bits per heavy atom. The lowest BCUT2D eigenvalue weighted by Crippen LogP contribution is -2.31. The van der Waals surface area contributed by atoms with Crippen LogP contribution < -0.4 is 5.32 Å². The zero-order chi connectivity index (χ0) is 13.3. The fraction of sp³-hybridized carbons (Fsp3) is 0.357. The van der Waals surface area contributed by atoms with Crippen molar-refractivity contribution in [3.8, 4) is 0 Å². The zero-order valence-corrected chi connectivity index (χ0v) is 11.6. The standard InChI is InChI=1S/C14H16N2OS/c1-14(2,3)11-5-4-9(8-15-11)10-6-12(17)16-13(18)7-10/h4-6,8H,7H2,1-3H3,(H,16,17,18). The van der Waals surface area contributed by atoms with E-state index in [1.165, 1.54) is 0 Å². The van der Waals surface area contributed by atoms with Crippen LogP contribution in [0.25, 0.3) is 5.57 Å². The summed E-state index contributed by atoms with van der Waals surface area (Å²) in [6.45, 7) is 6.37. The van der Waals surface area contributed by atoms with Crippen molar-refractivity contribution in [3.63, 3.8) is 0 Å². The minimum absolute atomic E-state index is 0.0339. The van der Waals surface area contributed by atoms with E-state index in [2.05, 4.69) is 31.1 Å². The Morgan fingerprint density at radius 3 is 2.56 bits per heavy atom. The van der Waals surface area contributed by atoms with Gasteiger partial charge in [-0.3, -0.25) is 9.78 Å². The molecule has 1 aromatic heterocycles. The van der Waals surface area contributed by atoms with Gasteiger partial charge in [0.1, 0.15) is 0 Å². The largest absolute Gasteiger partial charge is 0.317 e. The Bertz CT molecular complexity index is 524. The Morgan fingerprint density at radius 2 is 2.06 bits per heavy atom. The third-order valence-electron chi connectivity index (χ3n) is 2.82. The molecule has 0 atom stereocenters. The molecule has 0 radical (unpaired) electrons. The molecule has 18 heavy (non-hydrogen) atoms. The molecule has 0 aromatic carbocycles. The highest BCUT2D eigenvalue weighted by Crippen LogP contribution is 2.24. The molecule has 2 rings (SSSR count). The Balaban J connectivity index is 2.30. The summed E-state index contributed by atoms with van der Waals surface area (Å²) in [5, 5.41) is 2.61. The predicted octanol–water partition coefficient (Wildman–Crippen LogP) is 2.61. The van der Waals surface area contributed by atoms with Crippen LogP contribution in [0.2, 0.25) is 0 Å². The van der Waals surface area contributed by atoms with Crippen molar-refractivity contribution in [2.24, 2.45) is 0 Å². The number of thiocarbonyl (C=S) groups is 1. The summed E-state index contributed by atoms with van der Waals surface area (Å²) in [7, 11) is 0. The lowest BCUT2D eigenvalue weighted by Gasteiger charge is -2.19. The monoisotopic (exact) mass is 260 g/mol. The number of carbonyl (C=O) groups is 1. The minimum Gasteiger partial charge on any atom is -0.317 e. The molecule has 2 heterocycles. The van der Waals surface area contributed by atoms with Crippen molar-refractivity contribution in [2.75, 3.05) is 0 Å². The van der Waals surface area contributed by atoms with Crippen LogP contribution in [-0.4, -0.2) is 15.9 Å². The van der Waals surface area contributed by atoms with E-state index in [-0.39, 0.29) is 11.3 Å². The van der Waals surface area contributed by atoms with Gasteiger partial charge in [-0.25, -0.2) is 0 Å². The lowest BCUT2D eigenvalue weighted by molar-refractivity contribution is -0.115. The highest BCUT2D eigenvalue weighted by molar-refractivity contribution is 7.80. The first kappa shape index (κ1) is 12.9. The number of rotatable bonds is 1. The molecule has 0 spiro atoms. The van der Waals surface area contributed by atoms with Gasteiger partial charge in [0.25, 0.3) is 0 Å². The SMILES string of the molecule is CC(C)(C)c1ccc(C2=CC(=O)NC(=S)C2)cn1. The summed E-state index contributed by atoms with van der Waals surface area (Å²) in [6.07, 6.45) is 3.99. The van der Waals surface area contributed by atoms with Crippen molar-refractivity contribution in [1.29, 1.82) is 0 Å². The summed E-state index contributed by atoms with van der Waals surface area (Å²) in [4.78, 5) is 16.4. The van der Waals surface area contributed by atoms with Gasteiger partial charge >= 0.3 is 0 Å². The van der Waals surface area contributed by atoms with Crippen LogP contribution in [0.3, 0.4) is 0 Å². The van der Waals surface area contributed by atoms with Crippen LogP contribution in [0.4, 0.5) is 0 Å². The van der Waals surface area contributed by atoms with Gasteiger partial charge in [-0.05, 0) is 17.2 Å². The number of nitrogens with one attached hydrogen (secondary N) is 1. The van der Waals surface area contributed by atoms with Crippen LogP contribution in [0, 0.1) is 0 Å². The number of amides is 1. The Labute approximate surface area is 112 Å². The summed E-state index contributed by atoms with van der Waals surface area (Å²) in [5.74, 6) is -0.152. The zero-order valence-electron chi connectivity index (χ0n) is 10.8. The maximum atomic E-state index is 11.4. The van der Waals surface area contributed by atoms with E-state index < -0.39 is 0 Å². The van der Waals surface area contributed by atoms with Crippen LogP contribution in [0.5, 0.6) is 0 Å².